The molecule has 2 N–H and O–H groups in total. The first kappa shape index (κ1) is 14.3. The van der Waals surface area contributed by atoms with Crippen molar-refractivity contribution in [1.82, 2.24) is 10.7 Å². The number of benzene rings is 1. The lowest BCUT2D eigenvalue weighted by Gasteiger charge is -2.23. The second-order valence-electron chi connectivity index (χ2n) is 4.83. The van der Waals surface area contributed by atoms with Gasteiger partial charge in [-0.25, -0.2) is 20.0 Å². The molecule has 2 rings (SSSR count). The van der Waals surface area contributed by atoms with Crippen molar-refractivity contribution in [2.24, 2.45) is 0 Å². The van der Waals surface area contributed by atoms with E-state index in [0.717, 1.165) is 6.42 Å². The first-order valence-corrected chi connectivity index (χ1v) is 6.66. The largest absolute Gasteiger partial charge is 0.462 e. The molecule has 0 bridgehead atoms. The van der Waals surface area contributed by atoms with Crippen LogP contribution in [0.4, 0.5) is 10.5 Å². The SMILES string of the molecule is CCOC(=O)c1ccc(N2N[C@@](C)(CC)NC2=O)cc1. The van der Waals surface area contributed by atoms with Crippen LogP contribution in [0.1, 0.15) is 37.6 Å². The average molecular weight is 277 g/mol. The molecule has 6 heteroatoms. The number of hydrogen-bond donors (Lipinski definition) is 2. The van der Waals surface area contributed by atoms with Crippen molar-refractivity contribution >= 4 is 17.7 Å². The van der Waals surface area contributed by atoms with E-state index < -0.39 is 5.66 Å². The van der Waals surface area contributed by atoms with Crippen LogP contribution in [0.25, 0.3) is 0 Å². The van der Waals surface area contributed by atoms with Gasteiger partial charge < -0.3 is 10.1 Å². The minimum Gasteiger partial charge on any atom is -0.462 e. The number of hydrazine groups is 1. The number of nitrogens with zero attached hydrogens (tertiary/aromatic N) is 1. The standard InChI is InChI=1S/C14H19N3O3/c1-4-14(3)15-13(19)17(16-14)11-8-6-10(7-9-11)12(18)20-5-2/h6-9,16H,4-5H2,1-3H3,(H,15,19)/t14-/m0/s1. The highest BCUT2D eigenvalue weighted by atomic mass is 16.5. The number of hydrogen-bond acceptors (Lipinski definition) is 4. The molecule has 1 aliphatic heterocycles. The third kappa shape index (κ3) is 2.75. The molecule has 0 aliphatic carbocycles. The Morgan fingerprint density at radius 3 is 2.45 bits per heavy atom. The highest BCUT2D eigenvalue weighted by Gasteiger charge is 2.37. The highest BCUT2D eigenvalue weighted by molar-refractivity contribution is 5.95. The Hall–Kier alpha value is -2.08. The summed E-state index contributed by atoms with van der Waals surface area (Å²) < 4.78 is 4.92. The molecule has 1 fully saturated rings. The van der Waals surface area contributed by atoms with Gasteiger partial charge in [0.25, 0.3) is 0 Å². The van der Waals surface area contributed by atoms with Gasteiger partial charge >= 0.3 is 12.0 Å². The van der Waals surface area contributed by atoms with Crippen molar-refractivity contribution in [2.75, 3.05) is 11.6 Å². The summed E-state index contributed by atoms with van der Waals surface area (Å²) in [5.74, 6) is -0.365. The van der Waals surface area contributed by atoms with Crippen molar-refractivity contribution in [3.63, 3.8) is 0 Å². The Bertz CT molecular complexity index is 515. The number of nitrogens with one attached hydrogen (secondary N) is 2. The zero-order chi connectivity index (χ0) is 14.8. The van der Waals surface area contributed by atoms with E-state index in [1.165, 1.54) is 5.01 Å². The second kappa shape index (κ2) is 5.50. The molecule has 0 unspecified atom stereocenters. The van der Waals surface area contributed by atoms with E-state index >= 15 is 0 Å². The van der Waals surface area contributed by atoms with Crippen LogP contribution in [-0.2, 0) is 4.74 Å². The maximum atomic E-state index is 11.9. The minimum atomic E-state index is -0.448. The molecule has 20 heavy (non-hydrogen) atoms. The molecule has 2 amide bonds. The maximum Gasteiger partial charge on any atom is 0.338 e. The number of urea groups is 1. The fourth-order valence-electron chi connectivity index (χ4n) is 1.93. The molecular weight excluding hydrogens is 258 g/mol. The first-order valence-electron chi connectivity index (χ1n) is 6.66. The second-order valence-corrected chi connectivity index (χ2v) is 4.83. The zero-order valence-corrected chi connectivity index (χ0v) is 11.9. The lowest BCUT2D eigenvalue weighted by molar-refractivity contribution is 0.0526. The summed E-state index contributed by atoms with van der Waals surface area (Å²) >= 11 is 0. The van der Waals surface area contributed by atoms with Crippen molar-refractivity contribution < 1.29 is 14.3 Å². The fraction of sp³-hybridized carbons (Fsp3) is 0.429. The molecule has 108 valence electrons. The number of anilines is 1. The van der Waals surface area contributed by atoms with Crippen molar-refractivity contribution in [2.45, 2.75) is 32.9 Å². The lowest BCUT2D eigenvalue weighted by Crippen LogP contribution is -2.47. The Morgan fingerprint density at radius 1 is 1.30 bits per heavy atom. The number of amides is 2. The zero-order valence-electron chi connectivity index (χ0n) is 11.9. The van der Waals surface area contributed by atoms with Crippen LogP contribution in [0.3, 0.4) is 0 Å². The molecular formula is C14H19N3O3. The number of ether oxygens (including phenoxy) is 1. The molecule has 1 heterocycles. The van der Waals surface area contributed by atoms with Gasteiger partial charge in [-0.05, 0) is 44.5 Å². The normalized spacial score (nSPS) is 21.8. The maximum absolute atomic E-state index is 11.9. The minimum absolute atomic E-state index is 0.210. The quantitative estimate of drug-likeness (QED) is 0.826. The monoisotopic (exact) mass is 277 g/mol. The Balaban J connectivity index is 2.15. The predicted octanol–water partition coefficient (Wildman–Crippen LogP) is 2.02. The van der Waals surface area contributed by atoms with Gasteiger partial charge in [0.2, 0.25) is 0 Å². The van der Waals surface area contributed by atoms with Crippen LogP contribution in [0.5, 0.6) is 0 Å². The molecule has 6 nitrogen and oxygen atoms in total. The molecule has 0 saturated carbocycles. The van der Waals surface area contributed by atoms with Crippen molar-refractivity contribution in [3.05, 3.63) is 29.8 Å². The summed E-state index contributed by atoms with van der Waals surface area (Å²) in [6, 6.07) is 6.49. The van der Waals surface area contributed by atoms with Gasteiger partial charge in [-0.2, -0.15) is 0 Å². The van der Waals surface area contributed by atoms with Crippen LogP contribution in [-0.4, -0.2) is 24.3 Å². The first-order chi connectivity index (χ1) is 9.49. The summed E-state index contributed by atoms with van der Waals surface area (Å²) in [4.78, 5) is 23.5. The average Bonchev–Trinajstić information content (AvgIpc) is 2.75. The fourth-order valence-corrected chi connectivity index (χ4v) is 1.93. The highest BCUT2D eigenvalue weighted by Crippen LogP contribution is 2.21. The van der Waals surface area contributed by atoms with Crippen molar-refractivity contribution in [3.8, 4) is 0 Å². The topological polar surface area (TPSA) is 70.7 Å². The molecule has 1 aromatic carbocycles. The van der Waals surface area contributed by atoms with Gasteiger partial charge in [-0.1, -0.05) is 6.92 Å². The lowest BCUT2D eigenvalue weighted by atomic mass is 10.2. The van der Waals surface area contributed by atoms with E-state index in [1.54, 1.807) is 31.2 Å². The van der Waals surface area contributed by atoms with Crippen molar-refractivity contribution in [1.29, 1.82) is 0 Å². The van der Waals surface area contributed by atoms with Crippen LogP contribution in [0.15, 0.2) is 24.3 Å². The van der Waals surface area contributed by atoms with Crippen LogP contribution in [0, 0.1) is 0 Å². The third-order valence-electron chi connectivity index (χ3n) is 3.29. The smallest absolute Gasteiger partial charge is 0.338 e. The summed E-state index contributed by atoms with van der Waals surface area (Å²) in [6.07, 6.45) is 0.760. The molecule has 0 radical (unpaired) electrons. The van der Waals surface area contributed by atoms with E-state index in [-0.39, 0.29) is 12.0 Å². The summed E-state index contributed by atoms with van der Waals surface area (Å²) in [6.45, 7) is 6.00. The molecule has 0 aromatic heterocycles. The van der Waals surface area contributed by atoms with Gasteiger partial charge in [0, 0.05) is 0 Å². The Morgan fingerprint density at radius 2 is 1.95 bits per heavy atom. The molecule has 1 aliphatic rings. The summed E-state index contributed by atoms with van der Waals surface area (Å²) in [7, 11) is 0. The van der Waals surface area contributed by atoms with E-state index in [1.807, 2.05) is 13.8 Å². The molecule has 0 spiro atoms. The molecule has 1 saturated heterocycles. The Kier molecular flexibility index (Phi) is 3.94. The molecule has 1 atom stereocenters. The van der Waals surface area contributed by atoms with Gasteiger partial charge in [-0.15, -0.1) is 0 Å². The third-order valence-corrected chi connectivity index (χ3v) is 3.29. The van der Waals surface area contributed by atoms with Crippen LogP contribution >= 0.6 is 0 Å². The number of rotatable bonds is 4. The van der Waals surface area contributed by atoms with E-state index in [0.29, 0.717) is 17.9 Å². The van der Waals surface area contributed by atoms with E-state index in [2.05, 4.69) is 10.7 Å². The predicted molar refractivity (Wildman–Crippen MR) is 75.2 cm³/mol. The van der Waals surface area contributed by atoms with Gasteiger partial charge in [-0.3, -0.25) is 0 Å². The van der Waals surface area contributed by atoms with E-state index in [9.17, 15) is 9.59 Å². The summed E-state index contributed by atoms with van der Waals surface area (Å²) in [5, 5.41) is 4.31. The van der Waals surface area contributed by atoms with Gasteiger partial charge in [0.05, 0.1) is 17.9 Å². The van der Waals surface area contributed by atoms with Gasteiger partial charge in [0.1, 0.15) is 5.66 Å². The Labute approximate surface area is 118 Å². The number of carbonyl (C=O) groups excluding carboxylic acids is 2. The van der Waals surface area contributed by atoms with Crippen LogP contribution in [0.2, 0.25) is 0 Å². The summed E-state index contributed by atoms with van der Waals surface area (Å²) in [5.41, 5.74) is 3.81. The van der Waals surface area contributed by atoms with E-state index in [4.69, 9.17) is 4.74 Å². The van der Waals surface area contributed by atoms with Crippen LogP contribution < -0.4 is 15.8 Å². The molecule has 1 aromatic rings. The van der Waals surface area contributed by atoms with Gasteiger partial charge in [0.15, 0.2) is 0 Å². The number of esters is 1. The number of carbonyl (C=O) groups is 2.